The number of hydrogen-bond acceptors (Lipinski definition) is 9. The van der Waals surface area contributed by atoms with Crippen LogP contribution >= 0.6 is 11.6 Å². The molecule has 1 fully saturated rings. The number of nitrogens with zero attached hydrogens (tertiary/aromatic N) is 5. The van der Waals surface area contributed by atoms with Gasteiger partial charge in [-0.1, -0.05) is 18.5 Å². The van der Waals surface area contributed by atoms with Crippen molar-refractivity contribution in [2.75, 3.05) is 62.7 Å². The Bertz CT molecular complexity index is 1970. The normalized spacial score (nSPS) is 14.0. The molecule has 14 nitrogen and oxygen atoms in total. The molecule has 0 bridgehead atoms. The van der Waals surface area contributed by atoms with Gasteiger partial charge < -0.3 is 34.8 Å². The molecule has 0 saturated carbocycles. The summed E-state index contributed by atoms with van der Waals surface area (Å²) in [6.45, 7) is 4.43. The molecule has 2 unspecified atom stereocenters. The number of anilines is 2. The number of methoxy groups -OCH3 is 3. The number of amides is 4. The van der Waals surface area contributed by atoms with Crippen LogP contribution in [0.2, 0.25) is 5.02 Å². The smallest absolute Gasteiger partial charge is 0.407 e. The highest BCUT2D eigenvalue weighted by molar-refractivity contribution is 6.31. The van der Waals surface area contributed by atoms with Crippen LogP contribution in [-0.2, 0) is 9.53 Å². The van der Waals surface area contributed by atoms with Crippen LogP contribution in [0.4, 0.5) is 25.4 Å². The summed E-state index contributed by atoms with van der Waals surface area (Å²) < 4.78 is 30.9. The summed E-state index contributed by atoms with van der Waals surface area (Å²) in [7, 11) is 4.19. The molecule has 0 radical (unpaired) electrons. The molecule has 4 amide bonds. The number of hydrogen-bond donors (Lipinski definition) is 2. The molecule has 0 aliphatic carbocycles. The number of carbonyl (C=O) groups is 3. The number of benzene rings is 3. The number of rotatable bonds is 10. The number of carbonyl (C=O) groups excluding carboxylic acids is 3. The molecule has 2 N–H and O–H groups in total. The molecule has 1 aliphatic heterocycles. The van der Waals surface area contributed by atoms with Crippen LogP contribution in [-0.4, -0.2) is 86.1 Å². The Balaban J connectivity index is 1.58. The zero-order valence-corrected chi connectivity index (χ0v) is 29.6. The lowest BCUT2D eigenvalue weighted by molar-refractivity contribution is -0.133. The molecule has 4 aromatic rings. The van der Waals surface area contributed by atoms with E-state index in [-0.39, 0.29) is 37.9 Å². The third-order valence-corrected chi connectivity index (χ3v) is 8.83. The van der Waals surface area contributed by atoms with Crippen molar-refractivity contribution in [2.45, 2.75) is 32.4 Å². The summed E-state index contributed by atoms with van der Waals surface area (Å²) in [5, 5.41) is 7.82. The number of nitrogens with one attached hydrogen (secondary N) is 2. The molecule has 2 atom stereocenters. The van der Waals surface area contributed by atoms with Crippen molar-refractivity contribution in [1.82, 2.24) is 19.9 Å². The van der Waals surface area contributed by atoms with E-state index in [0.717, 1.165) is 0 Å². The van der Waals surface area contributed by atoms with E-state index in [9.17, 15) is 23.6 Å². The maximum absolute atomic E-state index is 14.3. The minimum Gasteiger partial charge on any atom is -0.497 e. The minimum atomic E-state index is -0.933. The van der Waals surface area contributed by atoms with Crippen molar-refractivity contribution in [2.24, 2.45) is 0 Å². The van der Waals surface area contributed by atoms with E-state index in [4.69, 9.17) is 26.1 Å². The minimum absolute atomic E-state index is 0.195. The number of halogens is 2. The first-order chi connectivity index (χ1) is 24.5. The largest absolute Gasteiger partial charge is 0.497 e. The van der Waals surface area contributed by atoms with E-state index in [1.165, 1.54) is 55.2 Å². The lowest BCUT2D eigenvalue weighted by Gasteiger charge is -2.40. The lowest BCUT2D eigenvalue weighted by atomic mass is 10.1. The van der Waals surface area contributed by atoms with Gasteiger partial charge >= 0.3 is 12.1 Å². The molecule has 16 heteroatoms. The van der Waals surface area contributed by atoms with E-state index in [1.54, 1.807) is 60.2 Å². The summed E-state index contributed by atoms with van der Waals surface area (Å²) in [5.74, 6) is 0.235. The Morgan fingerprint density at radius 2 is 1.69 bits per heavy atom. The molecule has 270 valence electrons. The van der Waals surface area contributed by atoms with Gasteiger partial charge in [-0.3, -0.25) is 14.5 Å². The van der Waals surface area contributed by atoms with Crippen molar-refractivity contribution in [3.05, 3.63) is 87.7 Å². The summed E-state index contributed by atoms with van der Waals surface area (Å²) in [6, 6.07) is 12.7. The SMILES string of the molecule is CCC(NC(=O)OC)C(=O)N1CCN(n2c(C(C)N(C(=O)Nc3ccc(F)cc3)c3ccc(OC)cc3OC)nc3cc(Cl)ccc3c2=O)CC1. The van der Waals surface area contributed by atoms with Crippen molar-refractivity contribution >= 4 is 51.9 Å². The Hall–Kier alpha value is -5.57. The predicted molar refractivity (Wildman–Crippen MR) is 191 cm³/mol. The van der Waals surface area contributed by atoms with E-state index < -0.39 is 35.6 Å². The first kappa shape index (κ1) is 36.7. The van der Waals surface area contributed by atoms with Gasteiger partial charge in [-0.25, -0.2) is 23.6 Å². The second-order valence-corrected chi connectivity index (χ2v) is 12.1. The second-order valence-electron chi connectivity index (χ2n) is 11.6. The van der Waals surface area contributed by atoms with Crippen molar-refractivity contribution in [3.63, 3.8) is 0 Å². The van der Waals surface area contributed by atoms with Gasteiger partial charge in [0, 0.05) is 29.9 Å². The standard InChI is InChI=1S/C35H39ClFN7O7/c1-6-27(40-35(48)51-5)33(46)41-15-17-42(18-16-41)44-31(39-28-19-22(36)7-13-26(28)32(44)45)21(2)43(29-14-12-25(49-3)20-30(29)50-4)34(47)38-24-10-8-23(37)9-11-24/h7-14,19-21,27H,6,15-18H2,1-5H3,(H,38,47)(H,40,48). The van der Waals surface area contributed by atoms with Crippen LogP contribution in [0.15, 0.2) is 65.5 Å². The number of alkyl carbamates (subject to hydrolysis) is 1. The zero-order valence-electron chi connectivity index (χ0n) is 28.8. The second kappa shape index (κ2) is 16.0. The molecule has 1 saturated heterocycles. The quantitative estimate of drug-likeness (QED) is 0.233. The maximum atomic E-state index is 14.3. The van der Waals surface area contributed by atoms with E-state index in [2.05, 4.69) is 15.4 Å². The first-order valence-corrected chi connectivity index (χ1v) is 16.6. The van der Waals surface area contributed by atoms with Crippen molar-refractivity contribution in [3.8, 4) is 11.5 Å². The maximum Gasteiger partial charge on any atom is 0.407 e. The predicted octanol–water partition coefficient (Wildman–Crippen LogP) is 4.92. The molecule has 5 rings (SSSR count). The van der Waals surface area contributed by atoms with Gasteiger partial charge in [-0.2, -0.15) is 0 Å². The fourth-order valence-corrected chi connectivity index (χ4v) is 6.06. The van der Waals surface area contributed by atoms with E-state index >= 15 is 0 Å². The highest BCUT2D eigenvalue weighted by Crippen LogP contribution is 2.37. The number of piperazine rings is 1. The first-order valence-electron chi connectivity index (χ1n) is 16.2. The van der Waals surface area contributed by atoms with Gasteiger partial charge in [0.15, 0.2) is 5.82 Å². The van der Waals surface area contributed by atoms with Crippen molar-refractivity contribution < 1.29 is 33.0 Å². The molecule has 0 spiro atoms. The van der Waals surface area contributed by atoms with Crippen LogP contribution in [0.5, 0.6) is 11.5 Å². The molecule has 3 aromatic carbocycles. The summed E-state index contributed by atoms with van der Waals surface area (Å²) in [6.07, 6.45) is -0.347. The molecular formula is C35H39ClFN7O7. The zero-order chi connectivity index (χ0) is 36.8. The van der Waals surface area contributed by atoms with Crippen LogP contribution in [0, 0.1) is 5.82 Å². The third kappa shape index (κ3) is 7.93. The fourth-order valence-electron chi connectivity index (χ4n) is 5.90. The monoisotopic (exact) mass is 723 g/mol. The van der Waals surface area contributed by atoms with Crippen LogP contribution in [0.25, 0.3) is 10.9 Å². The topological polar surface area (TPSA) is 148 Å². The molecule has 51 heavy (non-hydrogen) atoms. The van der Waals surface area contributed by atoms with Crippen LogP contribution < -0.4 is 35.6 Å². The van der Waals surface area contributed by atoms with Crippen LogP contribution in [0.3, 0.4) is 0 Å². The summed E-state index contributed by atoms with van der Waals surface area (Å²) >= 11 is 6.33. The number of ether oxygens (including phenoxy) is 3. The molecule has 2 heterocycles. The fraction of sp³-hybridized carbons (Fsp3) is 0.343. The number of aromatic nitrogens is 2. The van der Waals surface area contributed by atoms with E-state index in [1.807, 2.05) is 0 Å². The Morgan fingerprint density at radius 3 is 2.31 bits per heavy atom. The molecular weight excluding hydrogens is 685 g/mol. The van der Waals surface area contributed by atoms with Crippen molar-refractivity contribution in [1.29, 1.82) is 0 Å². The highest BCUT2D eigenvalue weighted by atomic mass is 35.5. The van der Waals surface area contributed by atoms with Gasteiger partial charge in [0.25, 0.3) is 5.56 Å². The summed E-state index contributed by atoms with van der Waals surface area (Å²) in [5.41, 5.74) is 0.573. The average Bonchev–Trinajstić information content (AvgIpc) is 3.14. The Labute approximate surface area is 298 Å². The van der Waals surface area contributed by atoms with Gasteiger partial charge in [0.1, 0.15) is 23.4 Å². The number of fused-ring (bicyclic) bond motifs is 1. The highest BCUT2D eigenvalue weighted by Gasteiger charge is 2.34. The molecule has 1 aliphatic rings. The summed E-state index contributed by atoms with van der Waals surface area (Å²) in [4.78, 5) is 61.7. The Morgan fingerprint density at radius 1 is 0.980 bits per heavy atom. The van der Waals surface area contributed by atoms with Gasteiger partial charge in [-0.15, -0.1) is 0 Å². The Kier molecular flexibility index (Phi) is 11.5. The third-order valence-electron chi connectivity index (χ3n) is 8.59. The van der Waals surface area contributed by atoms with Crippen LogP contribution in [0.1, 0.15) is 32.1 Å². The molecule has 1 aromatic heterocycles. The van der Waals surface area contributed by atoms with Gasteiger partial charge in [0.05, 0.1) is 57.1 Å². The lowest BCUT2D eigenvalue weighted by Crippen LogP contribution is -2.59. The average molecular weight is 724 g/mol. The van der Waals surface area contributed by atoms with Gasteiger partial charge in [0.2, 0.25) is 5.91 Å². The van der Waals surface area contributed by atoms with E-state index in [0.29, 0.717) is 45.2 Å². The number of urea groups is 1. The van der Waals surface area contributed by atoms with Gasteiger partial charge in [-0.05, 0) is 67.9 Å².